The van der Waals surface area contributed by atoms with Crippen LogP contribution in [0, 0.1) is 19.8 Å². The van der Waals surface area contributed by atoms with Crippen LogP contribution in [0.2, 0.25) is 0 Å². The molecule has 3 nitrogen and oxygen atoms in total. The van der Waals surface area contributed by atoms with Gasteiger partial charge in [-0.05, 0) is 33.1 Å². The molecule has 1 aliphatic carbocycles. The third-order valence-electron chi connectivity index (χ3n) is 3.42. The lowest BCUT2D eigenvalue weighted by atomic mass is 10.3. The standard InChI is InChI=1S/C12H21N3/c1-8-5-12(8)14-9(2)6-15-7-13-10(3)11(15)4/h7-9,12,14H,5-6H2,1-4H3. The molecule has 0 amide bonds. The fraction of sp³-hybridized carbons (Fsp3) is 0.750. The minimum atomic E-state index is 0.534. The van der Waals surface area contributed by atoms with E-state index in [0.29, 0.717) is 6.04 Å². The fourth-order valence-electron chi connectivity index (χ4n) is 2.00. The van der Waals surface area contributed by atoms with Gasteiger partial charge in [0.25, 0.3) is 0 Å². The molecule has 3 unspecified atom stereocenters. The minimum Gasteiger partial charge on any atom is -0.333 e. The maximum Gasteiger partial charge on any atom is 0.0951 e. The first-order chi connectivity index (χ1) is 7.08. The van der Waals surface area contributed by atoms with Gasteiger partial charge in [-0.25, -0.2) is 4.98 Å². The summed E-state index contributed by atoms with van der Waals surface area (Å²) in [4.78, 5) is 4.31. The Morgan fingerprint density at radius 1 is 1.60 bits per heavy atom. The van der Waals surface area contributed by atoms with Crippen LogP contribution in [0.1, 0.15) is 31.7 Å². The highest BCUT2D eigenvalue weighted by Crippen LogP contribution is 2.29. The zero-order valence-corrected chi connectivity index (χ0v) is 10.1. The van der Waals surface area contributed by atoms with Crippen molar-refractivity contribution in [2.75, 3.05) is 0 Å². The van der Waals surface area contributed by atoms with Crippen molar-refractivity contribution in [2.45, 2.75) is 52.7 Å². The molecule has 15 heavy (non-hydrogen) atoms. The van der Waals surface area contributed by atoms with Gasteiger partial charge in [0, 0.05) is 24.3 Å². The Kier molecular flexibility index (Phi) is 2.83. The lowest BCUT2D eigenvalue weighted by Gasteiger charge is -2.15. The molecule has 1 N–H and O–H groups in total. The van der Waals surface area contributed by atoms with Gasteiger partial charge in [0.1, 0.15) is 0 Å². The van der Waals surface area contributed by atoms with Crippen LogP contribution < -0.4 is 5.32 Å². The summed E-state index contributed by atoms with van der Waals surface area (Å²) in [5.41, 5.74) is 2.43. The quantitative estimate of drug-likeness (QED) is 0.817. The van der Waals surface area contributed by atoms with E-state index in [0.717, 1.165) is 24.2 Å². The van der Waals surface area contributed by atoms with E-state index in [2.05, 4.69) is 42.6 Å². The van der Waals surface area contributed by atoms with E-state index < -0.39 is 0 Å². The van der Waals surface area contributed by atoms with Crippen LogP contribution in [0.3, 0.4) is 0 Å². The molecule has 0 aliphatic heterocycles. The molecule has 0 radical (unpaired) electrons. The van der Waals surface area contributed by atoms with Crippen LogP contribution in [0.25, 0.3) is 0 Å². The summed E-state index contributed by atoms with van der Waals surface area (Å²) in [6, 6.07) is 1.29. The molecule has 1 aromatic heterocycles. The van der Waals surface area contributed by atoms with E-state index >= 15 is 0 Å². The summed E-state index contributed by atoms with van der Waals surface area (Å²) in [6.45, 7) is 9.77. The van der Waals surface area contributed by atoms with Crippen LogP contribution in [0.4, 0.5) is 0 Å². The van der Waals surface area contributed by atoms with Gasteiger partial charge in [-0.3, -0.25) is 0 Å². The largest absolute Gasteiger partial charge is 0.333 e. The molecule has 84 valence electrons. The molecule has 3 heteroatoms. The highest BCUT2D eigenvalue weighted by atomic mass is 15.1. The van der Waals surface area contributed by atoms with Crippen molar-refractivity contribution < 1.29 is 0 Å². The van der Waals surface area contributed by atoms with Crippen molar-refractivity contribution in [3.8, 4) is 0 Å². The van der Waals surface area contributed by atoms with Crippen molar-refractivity contribution >= 4 is 0 Å². The Hall–Kier alpha value is -0.830. The van der Waals surface area contributed by atoms with E-state index in [1.807, 2.05) is 6.33 Å². The van der Waals surface area contributed by atoms with Crippen LogP contribution >= 0.6 is 0 Å². The first-order valence-corrected chi connectivity index (χ1v) is 5.82. The molecule has 1 fully saturated rings. The topological polar surface area (TPSA) is 29.9 Å². The molecule has 1 heterocycles. The molecular weight excluding hydrogens is 186 g/mol. The van der Waals surface area contributed by atoms with Gasteiger partial charge < -0.3 is 9.88 Å². The summed E-state index contributed by atoms with van der Waals surface area (Å²) in [5, 5.41) is 3.64. The maximum absolute atomic E-state index is 4.31. The van der Waals surface area contributed by atoms with Crippen molar-refractivity contribution in [1.82, 2.24) is 14.9 Å². The second kappa shape index (κ2) is 3.97. The first kappa shape index (κ1) is 10.7. The van der Waals surface area contributed by atoms with Crippen molar-refractivity contribution in [2.24, 2.45) is 5.92 Å². The smallest absolute Gasteiger partial charge is 0.0951 e. The first-order valence-electron chi connectivity index (χ1n) is 5.82. The second-order valence-electron chi connectivity index (χ2n) is 4.95. The highest BCUT2D eigenvalue weighted by molar-refractivity contribution is 5.08. The number of hydrogen-bond acceptors (Lipinski definition) is 2. The number of imidazole rings is 1. The molecule has 3 atom stereocenters. The fourth-order valence-corrected chi connectivity index (χ4v) is 2.00. The van der Waals surface area contributed by atoms with Crippen LogP contribution in [0.15, 0.2) is 6.33 Å². The Labute approximate surface area is 91.9 Å². The second-order valence-corrected chi connectivity index (χ2v) is 4.95. The summed E-state index contributed by atoms with van der Waals surface area (Å²) in [6.07, 6.45) is 3.28. The van der Waals surface area contributed by atoms with Gasteiger partial charge in [0.15, 0.2) is 0 Å². The maximum atomic E-state index is 4.31. The summed E-state index contributed by atoms with van der Waals surface area (Å²) in [5.74, 6) is 0.873. The van der Waals surface area contributed by atoms with Crippen molar-refractivity contribution in [1.29, 1.82) is 0 Å². The molecule has 0 aromatic carbocycles. The van der Waals surface area contributed by atoms with Gasteiger partial charge in [-0.1, -0.05) is 6.92 Å². The van der Waals surface area contributed by atoms with E-state index in [9.17, 15) is 0 Å². The average molecular weight is 207 g/mol. The normalized spacial score (nSPS) is 26.7. The molecule has 1 saturated carbocycles. The van der Waals surface area contributed by atoms with E-state index in [1.165, 1.54) is 12.1 Å². The Balaban J connectivity index is 1.88. The predicted octanol–water partition coefficient (Wildman–Crippen LogP) is 1.89. The summed E-state index contributed by atoms with van der Waals surface area (Å²) >= 11 is 0. The Bertz CT molecular complexity index is 343. The number of rotatable bonds is 4. The molecule has 1 aliphatic rings. The van der Waals surface area contributed by atoms with E-state index in [-0.39, 0.29) is 0 Å². The van der Waals surface area contributed by atoms with E-state index in [1.54, 1.807) is 0 Å². The Morgan fingerprint density at radius 2 is 2.27 bits per heavy atom. The number of nitrogens with zero attached hydrogens (tertiary/aromatic N) is 2. The van der Waals surface area contributed by atoms with Gasteiger partial charge in [0.2, 0.25) is 0 Å². The number of aryl methyl sites for hydroxylation is 1. The summed E-state index contributed by atoms with van der Waals surface area (Å²) in [7, 11) is 0. The molecule has 1 aromatic rings. The van der Waals surface area contributed by atoms with Gasteiger partial charge in [0.05, 0.1) is 12.0 Å². The van der Waals surface area contributed by atoms with Crippen LogP contribution in [-0.4, -0.2) is 21.6 Å². The number of hydrogen-bond donors (Lipinski definition) is 1. The molecule has 0 spiro atoms. The lowest BCUT2D eigenvalue weighted by molar-refractivity contribution is 0.461. The van der Waals surface area contributed by atoms with Crippen molar-refractivity contribution in [3.05, 3.63) is 17.7 Å². The average Bonchev–Trinajstić information content (AvgIpc) is 2.77. The zero-order chi connectivity index (χ0) is 11.0. The highest BCUT2D eigenvalue weighted by Gasteiger charge is 2.33. The lowest BCUT2D eigenvalue weighted by Crippen LogP contribution is -2.33. The van der Waals surface area contributed by atoms with Crippen LogP contribution in [-0.2, 0) is 6.54 Å². The monoisotopic (exact) mass is 207 g/mol. The minimum absolute atomic E-state index is 0.534. The zero-order valence-electron chi connectivity index (χ0n) is 10.1. The predicted molar refractivity (Wildman–Crippen MR) is 61.9 cm³/mol. The van der Waals surface area contributed by atoms with Gasteiger partial charge in [-0.2, -0.15) is 0 Å². The Morgan fingerprint density at radius 3 is 2.73 bits per heavy atom. The van der Waals surface area contributed by atoms with E-state index in [4.69, 9.17) is 0 Å². The van der Waals surface area contributed by atoms with Gasteiger partial charge in [-0.15, -0.1) is 0 Å². The number of aromatic nitrogens is 2. The SMILES string of the molecule is Cc1ncn(CC(C)NC2CC2C)c1C. The molecule has 2 rings (SSSR count). The van der Waals surface area contributed by atoms with Crippen molar-refractivity contribution in [3.63, 3.8) is 0 Å². The van der Waals surface area contributed by atoms with Crippen LogP contribution in [0.5, 0.6) is 0 Å². The van der Waals surface area contributed by atoms with Gasteiger partial charge >= 0.3 is 0 Å². The summed E-state index contributed by atoms with van der Waals surface area (Å²) < 4.78 is 2.24. The molecule has 0 bridgehead atoms. The third-order valence-corrected chi connectivity index (χ3v) is 3.42. The number of nitrogens with one attached hydrogen (secondary N) is 1. The molecular formula is C12H21N3. The molecule has 0 saturated heterocycles. The third kappa shape index (κ3) is 2.40.